The van der Waals surface area contributed by atoms with Gasteiger partial charge in [0.2, 0.25) is 5.91 Å². The molecule has 1 aliphatic rings. The Labute approximate surface area is 248 Å². The van der Waals surface area contributed by atoms with Crippen LogP contribution in [0, 0.1) is 0 Å². The smallest absolute Gasteiger partial charge is 0.272 e. The van der Waals surface area contributed by atoms with E-state index < -0.39 is 17.1 Å². The molecule has 0 aliphatic carbocycles. The quantitative estimate of drug-likeness (QED) is 0.166. The van der Waals surface area contributed by atoms with Crippen molar-refractivity contribution in [1.82, 2.24) is 5.32 Å². The zero-order valence-corrected chi connectivity index (χ0v) is 23.6. The predicted octanol–water partition coefficient (Wildman–Crippen LogP) is 5.99. The lowest BCUT2D eigenvalue weighted by Crippen LogP contribution is -2.30. The summed E-state index contributed by atoms with van der Waals surface area (Å²) in [6.45, 7) is 2.77. The van der Waals surface area contributed by atoms with Gasteiger partial charge in [0.1, 0.15) is 18.9 Å². The summed E-state index contributed by atoms with van der Waals surface area (Å²) in [7, 11) is 0. The maximum absolute atomic E-state index is 13.3. The number of benzene rings is 4. The fourth-order valence-electron chi connectivity index (χ4n) is 4.13. The van der Waals surface area contributed by atoms with Gasteiger partial charge in [-0.25, -0.2) is 0 Å². The minimum absolute atomic E-state index is 0.0975. The minimum Gasteiger partial charge on any atom is -0.486 e. The lowest BCUT2D eigenvalue weighted by Gasteiger charge is -2.19. The van der Waals surface area contributed by atoms with Gasteiger partial charge in [0.15, 0.2) is 11.5 Å². The molecule has 5 rings (SSSR count). The van der Waals surface area contributed by atoms with E-state index in [1.165, 1.54) is 11.8 Å². The molecule has 4 aromatic rings. The molecule has 1 heterocycles. The normalized spacial score (nSPS) is 13.0. The zero-order valence-electron chi connectivity index (χ0n) is 22.8. The highest BCUT2D eigenvalue weighted by molar-refractivity contribution is 8.00. The first-order valence-corrected chi connectivity index (χ1v) is 14.2. The zero-order chi connectivity index (χ0) is 29.3. The first-order valence-electron chi connectivity index (χ1n) is 13.4. The number of ether oxygens (including phenoxy) is 2. The number of fused-ring (bicyclic) bond motifs is 1. The number of carbonyl (C=O) groups excluding carboxylic acids is 3. The summed E-state index contributed by atoms with van der Waals surface area (Å²) >= 11 is 1.36. The molecule has 0 bridgehead atoms. The van der Waals surface area contributed by atoms with Gasteiger partial charge in [0.25, 0.3) is 11.8 Å². The molecule has 0 fully saturated rings. The molecule has 0 aromatic heterocycles. The number of carbonyl (C=O) groups is 3. The van der Waals surface area contributed by atoms with Gasteiger partial charge in [-0.1, -0.05) is 54.6 Å². The van der Waals surface area contributed by atoms with Gasteiger partial charge in [0, 0.05) is 27.9 Å². The fraction of sp³-hybridized carbons (Fsp3) is 0.121. The summed E-state index contributed by atoms with van der Waals surface area (Å²) in [5.74, 6) is 0.206. The van der Waals surface area contributed by atoms with E-state index in [0.717, 1.165) is 10.5 Å². The highest BCUT2D eigenvalue weighted by atomic mass is 32.2. The summed E-state index contributed by atoms with van der Waals surface area (Å²) in [5, 5.41) is 8.10. The Morgan fingerprint density at radius 1 is 0.762 bits per heavy atom. The van der Waals surface area contributed by atoms with Crippen LogP contribution in [0.25, 0.3) is 6.08 Å². The molecule has 0 saturated carbocycles. The number of rotatable bonds is 9. The van der Waals surface area contributed by atoms with Crippen LogP contribution in [0.1, 0.15) is 22.8 Å². The summed E-state index contributed by atoms with van der Waals surface area (Å²) in [4.78, 5) is 39.9. The van der Waals surface area contributed by atoms with Crippen LogP contribution < -0.4 is 25.4 Å². The third-order valence-electron chi connectivity index (χ3n) is 6.22. The Morgan fingerprint density at radius 3 is 2.21 bits per heavy atom. The van der Waals surface area contributed by atoms with Crippen molar-refractivity contribution >= 4 is 46.9 Å². The van der Waals surface area contributed by atoms with E-state index in [2.05, 4.69) is 16.0 Å². The molecule has 3 N–H and O–H groups in total. The van der Waals surface area contributed by atoms with Gasteiger partial charge in [-0.05, 0) is 61.0 Å². The molecule has 212 valence electrons. The maximum Gasteiger partial charge on any atom is 0.272 e. The molecule has 9 heteroatoms. The van der Waals surface area contributed by atoms with Crippen molar-refractivity contribution in [3.05, 3.63) is 120 Å². The molecule has 1 atom stereocenters. The van der Waals surface area contributed by atoms with E-state index in [9.17, 15) is 14.4 Å². The number of thioether (sulfide) groups is 1. The topological polar surface area (TPSA) is 106 Å². The Hall–Kier alpha value is -5.02. The summed E-state index contributed by atoms with van der Waals surface area (Å²) in [5.41, 5.74) is 2.44. The number of nitrogens with one attached hydrogen (secondary N) is 3. The average Bonchev–Trinajstić information content (AvgIpc) is 3.01. The third-order valence-corrected chi connectivity index (χ3v) is 7.32. The van der Waals surface area contributed by atoms with Gasteiger partial charge < -0.3 is 25.4 Å². The predicted molar refractivity (Wildman–Crippen MR) is 165 cm³/mol. The first-order chi connectivity index (χ1) is 20.4. The van der Waals surface area contributed by atoms with Crippen LogP contribution in [0.3, 0.4) is 0 Å². The molecule has 8 nitrogen and oxygen atoms in total. The van der Waals surface area contributed by atoms with Crippen LogP contribution in [0.2, 0.25) is 0 Å². The number of hydrogen-bond donors (Lipinski definition) is 3. The lowest BCUT2D eigenvalue weighted by molar-refractivity contribution is -0.115. The van der Waals surface area contributed by atoms with Crippen LogP contribution in [-0.2, 0) is 9.59 Å². The van der Waals surface area contributed by atoms with E-state index in [4.69, 9.17) is 9.47 Å². The maximum atomic E-state index is 13.3. The number of amides is 3. The van der Waals surface area contributed by atoms with Crippen LogP contribution in [-0.4, -0.2) is 36.2 Å². The second-order valence-electron chi connectivity index (χ2n) is 9.38. The van der Waals surface area contributed by atoms with Crippen molar-refractivity contribution in [2.75, 3.05) is 23.8 Å². The Bertz CT molecular complexity index is 1610. The van der Waals surface area contributed by atoms with Gasteiger partial charge in [-0.15, -0.1) is 11.8 Å². The number of hydrogen-bond acceptors (Lipinski definition) is 6. The van der Waals surface area contributed by atoms with Crippen molar-refractivity contribution in [3.63, 3.8) is 0 Å². The molecular formula is C33H29N3O5S. The SMILES string of the molecule is CC(Sc1cccc(NC(=O)/C(=C/c2ccccc2)NC(=O)c2ccccc2)c1)C(=O)Nc1ccc2c(c1)OCCO2. The minimum atomic E-state index is -0.477. The first kappa shape index (κ1) is 28.5. The van der Waals surface area contributed by atoms with Crippen molar-refractivity contribution in [1.29, 1.82) is 0 Å². The van der Waals surface area contributed by atoms with Gasteiger partial charge in [0.05, 0.1) is 5.25 Å². The Morgan fingerprint density at radius 2 is 1.45 bits per heavy atom. The molecule has 42 heavy (non-hydrogen) atoms. The van der Waals surface area contributed by atoms with E-state index in [0.29, 0.717) is 41.7 Å². The molecule has 0 radical (unpaired) electrons. The molecule has 1 unspecified atom stereocenters. The molecule has 0 saturated heterocycles. The molecular weight excluding hydrogens is 550 g/mol. The second-order valence-corrected chi connectivity index (χ2v) is 10.8. The average molecular weight is 580 g/mol. The van der Waals surface area contributed by atoms with Gasteiger partial charge >= 0.3 is 0 Å². The monoisotopic (exact) mass is 579 g/mol. The second kappa shape index (κ2) is 13.6. The molecule has 1 aliphatic heterocycles. The van der Waals surface area contributed by atoms with Crippen molar-refractivity contribution in [2.45, 2.75) is 17.1 Å². The van der Waals surface area contributed by atoms with E-state index in [-0.39, 0.29) is 11.6 Å². The number of anilines is 2. The highest BCUT2D eigenvalue weighted by Gasteiger charge is 2.19. The molecule has 0 spiro atoms. The summed E-state index contributed by atoms with van der Waals surface area (Å²) in [6, 6.07) is 30.5. The van der Waals surface area contributed by atoms with Gasteiger partial charge in [-0.2, -0.15) is 0 Å². The van der Waals surface area contributed by atoms with E-state index in [1.807, 2.05) is 49.4 Å². The highest BCUT2D eigenvalue weighted by Crippen LogP contribution is 2.33. The Balaban J connectivity index is 1.25. The molecule has 3 amide bonds. The fourth-order valence-corrected chi connectivity index (χ4v) is 5.05. The van der Waals surface area contributed by atoms with Crippen molar-refractivity contribution < 1.29 is 23.9 Å². The van der Waals surface area contributed by atoms with Crippen LogP contribution in [0.15, 0.2) is 114 Å². The molecule has 4 aromatic carbocycles. The van der Waals surface area contributed by atoms with E-state index >= 15 is 0 Å². The van der Waals surface area contributed by atoms with Crippen molar-refractivity contribution in [2.24, 2.45) is 0 Å². The largest absolute Gasteiger partial charge is 0.486 e. The lowest BCUT2D eigenvalue weighted by atomic mass is 10.1. The van der Waals surface area contributed by atoms with Crippen LogP contribution in [0.5, 0.6) is 11.5 Å². The van der Waals surface area contributed by atoms with E-state index in [1.54, 1.807) is 66.7 Å². The Kier molecular flexibility index (Phi) is 9.20. The van der Waals surface area contributed by atoms with Crippen LogP contribution >= 0.6 is 11.8 Å². The van der Waals surface area contributed by atoms with Gasteiger partial charge in [-0.3, -0.25) is 14.4 Å². The standard InChI is InChI=1S/C33H29N3O5S/c1-22(31(37)34-26-15-16-29-30(21-26)41-18-17-40-29)42-27-14-8-13-25(20-27)35-33(39)28(19-23-9-4-2-5-10-23)36-32(38)24-11-6-3-7-12-24/h2-16,19-22H,17-18H2,1H3,(H,34,37)(H,35,39)(H,36,38)/b28-19-. The summed E-state index contributed by atoms with van der Waals surface area (Å²) < 4.78 is 11.1. The van der Waals surface area contributed by atoms with Crippen LogP contribution in [0.4, 0.5) is 11.4 Å². The summed E-state index contributed by atoms with van der Waals surface area (Å²) in [6.07, 6.45) is 1.62. The third kappa shape index (κ3) is 7.58. The van der Waals surface area contributed by atoms with Crippen molar-refractivity contribution in [3.8, 4) is 11.5 Å².